The first-order valence-corrected chi connectivity index (χ1v) is 6.19. The topological polar surface area (TPSA) is 23.5 Å². The van der Waals surface area contributed by atoms with Gasteiger partial charge < -0.3 is 10.0 Å². The van der Waals surface area contributed by atoms with Gasteiger partial charge in [0, 0.05) is 18.8 Å². The third-order valence-corrected chi connectivity index (χ3v) is 3.38. The van der Waals surface area contributed by atoms with E-state index in [-0.39, 0.29) is 6.10 Å². The molecule has 0 fully saturated rings. The van der Waals surface area contributed by atoms with Gasteiger partial charge in [0.1, 0.15) is 0 Å². The van der Waals surface area contributed by atoms with Crippen LogP contribution in [0.4, 0.5) is 5.69 Å². The Bertz CT molecular complexity index is 348. The Kier molecular flexibility index (Phi) is 3.49. The quantitative estimate of drug-likeness (QED) is 0.844. The SMILES string of the molecule is CC(C)C(O)CN1CCCc2ccccc21. The average Bonchev–Trinajstić information content (AvgIpc) is 2.29. The fourth-order valence-corrected chi connectivity index (χ4v) is 2.24. The highest BCUT2D eigenvalue weighted by Crippen LogP contribution is 2.27. The summed E-state index contributed by atoms with van der Waals surface area (Å²) in [5.41, 5.74) is 2.73. The summed E-state index contributed by atoms with van der Waals surface area (Å²) < 4.78 is 0. The number of β-amino-alcohol motifs (C(OH)–C–C–N with tert-alkyl or cyclic N) is 1. The number of fused-ring (bicyclic) bond motifs is 1. The summed E-state index contributed by atoms with van der Waals surface area (Å²) in [6.07, 6.45) is 2.14. The molecule has 0 saturated heterocycles. The highest BCUT2D eigenvalue weighted by molar-refractivity contribution is 5.55. The van der Waals surface area contributed by atoms with Crippen molar-refractivity contribution in [2.24, 2.45) is 5.92 Å². The van der Waals surface area contributed by atoms with Crippen molar-refractivity contribution < 1.29 is 5.11 Å². The lowest BCUT2D eigenvalue weighted by atomic mass is 10.00. The van der Waals surface area contributed by atoms with Crippen LogP contribution in [0.25, 0.3) is 0 Å². The van der Waals surface area contributed by atoms with E-state index in [2.05, 4.69) is 43.0 Å². The summed E-state index contributed by atoms with van der Waals surface area (Å²) in [6, 6.07) is 8.55. The van der Waals surface area contributed by atoms with Crippen LogP contribution >= 0.6 is 0 Å². The van der Waals surface area contributed by atoms with Crippen LogP contribution < -0.4 is 4.90 Å². The van der Waals surface area contributed by atoms with Crippen LogP contribution in [0.15, 0.2) is 24.3 Å². The Morgan fingerprint density at radius 1 is 1.31 bits per heavy atom. The smallest absolute Gasteiger partial charge is 0.0737 e. The maximum Gasteiger partial charge on any atom is 0.0737 e. The molecule has 88 valence electrons. The monoisotopic (exact) mass is 219 g/mol. The van der Waals surface area contributed by atoms with Crippen LogP contribution in [0.1, 0.15) is 25.8 Å². The molecule has 2 rings (SSSR count). The number of hydrogen-bond donors (Lipinski definition) is 1. The predicted molar refractivity (Wildman–Crippen MR) is 67.8 cm³/mol. The summed E-state index contributed by atoms with van der Waals surface area (Å²) in [4.78, 5) is 2.32. The van der Waals surface area contributed by atoms with Crippen LogP contribution in [-0.4, -0.2) is 24.3 Å². The molecule has 16 heavy (non-hydrogen) atoms. The summed E-state index contributed by atoms with van der Waals surface area (Å²) in [7, 11) is 0. The number of rotatable bonds is 3. The molecular weight excluding hydrogens is 198 g/mol. The molecule has 1 aliphatic rings. The van der Waals surface area contributed by atoms with Crippen LogP contribution in [-0.2, 0) is 6.42 Å². The second kappa shape index (κ2) is 4.88. The zero-order valence-electron chi connectivity index (χ0n) is 10.2. The maximum absolute atomic E-state index is 9.96. The number of para-hydroxylation sites is 1. The fourth-order valence-electron chi connectivity index (χ4n) is 2.24. The average molecular weight is 219 g/mol. The van der Waals surface area contributed by atoms with E-state index >= 15 is 0 Å². The van der Waals surface area contributed by atoms with Gasteiger partial charge >= 0.3 is 0 Å². The molecule has 1 aromatic carbocycles. The van der Waals surface area contributed by atoms with Gasteiger partial charge in [-0.15, -0.1) is 0 Å². The van der Waals surface area contributed by atoms with E-state index in [0.717, 1.165) is 13.1 Å². The third-order valence-electron chi connectivity index (χ3n) is 3.38. The molecule has 0 radical (unpaired) electrons. The van der Waals surface area contributed by atoms with E-state index in [0.29, 0.717) is 5.92 Å². The van der Waals surface area contributed by atoms with Crippen molar-refractivity contribution in [2.45, 2.75) is 32.8 Å². The number of aliphatic hydroxyl groups is 1. The first kappa shape index (κ1) is 11.5. The van der Waals surface area contributed by atoms with E-state index in [4.69, 9.17) is 0 Å². The highest BCUT2D eigenvalue weighted by atomic mass is 16.3. The van der Waals surface area contributed by atoms with Crippen molar-refractivity contribution in [3.8, 4) is 0 Å². The molecule has 0 spiro atoms. The zero-order chi connectivity index (χ0) is 11.5. The third kappa shape index (κ3) is 2.38. The molecule has 0 aromatic heterocycles. The van der Waals surface area contributed by atoms with Crippen molar-refractivity contribution in [3.63, 3.8) is 0 Å². The summed E-state index contributed by atoms with van der Waals surface area (Å²) in [5.74, 6) is 0.328. The van der Waals surface area contributed by atoms with Crippen LogP contribution in [0.5, 0.6) is 0 Å². The Labute approximate surface area is 97.9 Å². The molecule has 1 aliphatic heterocycles. The van der Waals surface area contributed by atoms with E-state index in [1.807, 2.05) is 0 Å². The molecule has 0 saturated carbocycles. The number of hydrogen-bond acceptors (Lipinski definition) is 2. The van der Waals surface area contributed by atoms with E-state index < -0.39 is 0 Å². The lowest BCUT2D eigenvalue weighted by Crippen LogP contribution is -2.38. The van der Waals surface area contributed by atoms with Gasteiger partial charge in [0.15, 0.2) is 0 Å². The lowest BCUT2D eigenvalue weighted by molar-refractivity contribution is 0.130. The van der Waals surface area contributed by atoms with Crippen LogP contribution in [0.2, 0.25) is 0 Å². The van der Waals surface area contributed by atoms with Crippen LogP contribution in [0.3, 0.4) is 0 Å². The molecule has 1 aromatic rings. The summed E-state index contributed by atoms with van der Waals surface area (Å²) in [5, 5.41) is 9.96. The molecular formula is C14H21NO. The minimum atomic E-state index is -0.230. The minimum Gasteiger partial charge on any atom is -0.391 e. The zero-order valence-corrected chi connectivity index (χ0v) is 10.2. The Morgan fingerprint density at radius 3 is 2.81 bits per heavy atom. The first-order chi connectivity index (χ1) is 7.68. The second-order valence-electron chi connectivity index (χ2n) is 4.99. The molecule has 2 nitrogen and oxygen atoms in total. The van der Waals surface area contributed by atoms with E-state index in [1.165, 1.54) is 24.1 Å². The number of anilines is 1. The molecule has 1 atom stereocenters. The van der Waals surface area contributed by atoms with Gasteiger partial charge in [-0.2, -0.15) is 0 Å². The van der Waals surface area contributed by atoms with Crippen molar-refractivity contribution >= 4 is 5.69 Å². The normalized spacial score (nSPS) is 17.4. The minimum absolute atomic E-state index is 0.230. The summed E-state index contributed by atoms with van der Waals surface area (Å²) in [6.45, 7) is 5.97. The Hall–Kier alpha value is -1.02. The van der Waals surface area contributed by atoms with Crippen molar-refractivity contribution in [3.05, 3.63) is 29.8 Å². The van der Waals surface area contributed by atoms with Gasteiger partial charge in [0.25, 0.3) is 0 Å². The Balaban J connectivity index is 2.13. The number of aryl methyl sites for hydroxylation is 1. The van der Waals surface area contributed by atoms with Crippen molar-refractivity contribution in [1.29, 1.82) is 0 Å². The lowest BCUT2D eigenvalue weighted by Gasteiger charge is -2.33. The molecule has 1 unspecified atom stereocenters. The van der Waals surface area contributed by atoms with Gasteiger partial charge in [0.2, 0.25) is 0 Å². The molecule has 0 aliphatic carbocycles. The number of nitrogens with zero attached hydrogens (tertiary/aromatic N) is 1. The molecule has 2 heteroatoms. The highest BCUT2D eigenvalue weighted by Gasteiger charge is 2.20. The first-order valence-electron chi connectivity index (χ1n) is 6.19. The van der Waals surface area contributed by atoms with Gasteiger partial charge in [-0.05, 0) is 30.4 Å². The second-order valence-corrected chi connectivity index (χ2v) is 4.99. The molecule has 0 bridgehead atoms. The Morgan fingerprint density at radius 2 is 2.06 bits per heavy atom. The maximum atomic E-state index is 9.96. The summed E-state index contributed by atoms with van der Waals surface area (Å²) >= 11 is 0. The van der Waals surface area contributed by atoms with E-state index in [1.54, 1.807) is 0 Å². The van der Waals surface area contributed by atoms with Crippen molar-refractivity contribution in [2.75, 3.05) is 18.0 Å². The standard InChI is InChI=1S/C14H21NO/c1-11(2)14(16)10-15-9-5-7-12-6-3-4-8-13(12)15/h3-4,6,8,11,14,16H,5,7,9-10H2,1-2H3. The van der Waals surface area contributed by atoms with Gasteiger partial charge in [-0.25, -0.2) is 0 Å². The van der Waals surface area contributed by atoms with E-state index in [9.17, 15) is 5.11 Å². The fraction of sp³-hybridized carbons (Fsp3) is 0.571. The van der Waals surface area contributed by atoms with Gasteiger partial charge in [0.05, 0.1) is 6.10 Å². The number of benzene rings is 1. The van der Waals surface area contributed by atoms with Gasteiger partial charge in [-0.1, -0.05) is 32.0 Å². The van der Waals surface area contributed by atoms with Crippen molar-refractivity contribution in [1.82, 2.24) is 0 Å². The van der Waals surface area contributed by atoms with Crippen LogP contribution in [0, 0.1) is 5.92 Å². The molecule has 0 amide bonds. The molecule has 1 N–H and O–H groups in total. The largest absolute Gasteiger partial charge is 0.391 e. The van der Waals surface area contributed by atoms with Gasteiger partial charge in [-0.3, -0.25) is 0 Å². The number of aliphatic hydroxyl groups excluding tert-OH is 1. The predicted octanol–water partition coefficient (Wildman–Crippen LogP) is 2.46. The molecule has 1 heterocycles.